The Bertz CT molecular complexity index is 903. The van der Waals surface area contributed by atoms with Gasteiger partial charge in [0.25, 0.3) is 5.79 Å². The van der Waals surface area contributed by atoms with Crippen molar-refractivity contribution in [3.05, 3.63) is 46.6 Å². The summed E-state index contributed by atoms with van der Waals surface area (Å²) >= 11 is 5.91. The fraction of sp³-hybridized carbons (Fsp3) is 0.593. The summed E-state index contributed by atoms with van der Waals surface area (Å²) in [6.07, 6.45) is 9.10. The van der Waals surface area contributed by atoms with E-state index in [9.17, 15) is 9.90 Å². The number of hydrogen-bond acceptors (Lipinski definition) is 4. The number of hydrogen-bond donors (Lipinski definition) is 1. The first-order valence-corrected chi connectivity index (χ1v) is 12.4. The number of phenolic OH excluding ortho intramolecular Hbond substituents is 1. The largest absolute Gasteiger partial charge is 0.507 e. The summed E-state index contributed by atoms with van der Waals surface area (Å²) in [4.78, 5) is 13.3. The highest BCUT2D eigenvalue weighted by Crippen LogP contribution is 2.51. The molecule has 3 rings (SSSR count). The van der Waals surface area contributed by atoms with E-state index in [1.807, 2.05) is 6.92 Å². The van der Waals surface area contributed by atoms with Crippen LogP contribution in [0.25, 0.3) is 0 Å². The number of carbonyl (C=O) groups excluding carboxylic acids is 1. The summed E-state index contributed by atoms with van der Waals surface area (Å²) in [6, 6.07) is 1.75. The Kier molecular flexibility index (Phi) is 7.97. The van der Waals surface area contributed by atoms with Crippen LogP contribution in [0.5, 0.6) is 11.5 Å². The number of esters is 1. The molecule has 32 heavy (non-hydrogen) atoms. The van der Waals surface area contributed by atoms with E-state index < -0.39 is 5.79 Å². The Morgan fingerprint density at radius 2 is 2.06 bits per heavy atom. The van der Waals surface area contributed by atoms with E-state index in [1.54, 1.807) is 13.0 Å². The number of phenols is 1. The van der Waals surface area contributed by atoms with Gasteiger partial charge in [0.15, 0.2) is 0 Å². The number of allylic oxidation sites excluding steroid dienone is 3. The molecule has 0 bridgehead atoms. The highest BCUT2D eigenvalue weighted by molar-refractivity contribution is 6.17. The molecule has 1 aromatic rings. The summed E-state index contributed by atoms with van der Waals surface area (Å²) in [5, 5.41) is 11.3. The van der Waals surface area contributed by atoms with Crippen LogP contribution >= 0.6 is 11.6 Å². The summed E-state index contributed by atoms with van der Waals surface area (Å²) in [5.41, 5.74) is 4.29. The van der Waals surface area contributed by atoms with Crippen LogP contribution in [-0.4, -0.2) is 22.7 Å². The third kappa shape index (κ3) is 5.17. The van der Waals surface area contributed by atoms with Gasteiger partial charge in [-0.25, -0.2) is 4.79 Å². The quantitative estimate of drug-likeness (QED) is 0.180. The van der Waals surface area contributed by atoms with E-state index in [2.05, 4.69) is 26.5 Å². The van der Waals surface area contributed by atoms with Crippen molar-refractivity contribution in [2.75, 3.05) is 5.88 Å². The lowest BCUT2D eigenvalue weighted by Gasteiger charge is -2.39. The Balaban J connectivity index is 2.18. The Morgan fingerprint density at radius 1 is 1.31 bits per heavy atom. The minimum atomic E-state index is -1.10. The van der Waals surface area contributed by atoms with E-state index in [4.69, 9.17) is 21.1 Å². The van der Waals surface area contributed by atoms with E-state index in [0.717, 1.165) is 43.2 Å². The van der Waals surface area contributed by atoms with E-state index in [-0.39, 0.29) is 23.6 Å². The summed E-state index contributed by atoms with van der Waals surface area (Å²) in [6.45, 7) is 12.3. The van der Waals surface area contributed by atoms with Gasteiger partial charge in [-0.1, -0.05) is 43.6 Å². The fourth-order valence-corrected chi connectivity index (χ4v) is 5.14. The third-order valence-corrected chi connectivity index (χ3v) is 7.01. The zero-order chi connectivity index (χ0) is 23.5. The molecule has 5 heteroatoms. The van der Waals surface area contributed by atoms with Gasteiger partial charge in [-0.2, -0.15) is 0 Å². The standard InChI is InChI=1S/C27H37ClO4/c1-6-7-8-10-19-16-22(29)24(21-15-18(4)11-12-20(21)17(2)3)25-23(19)26(30)32-27(5,31-25)13-9-14-28/h15-16,20-21,29H,2,6-14H2,1,3-5H3. The molecule has 3 unspecified atom stereocenters. The molecule has 1 N–H and O–H groups in total. The first kappa shape index (κ1) is 24.7. The van der Waals surface area contributed by atoms with Gasteiger partial charge < -0.3 is 14.6 Å². The molecule has 4 nitrogen and oxygen atoms in total. The van der Waals surface area contributed by atoms with Crippen molar-refractivity contribution in [1.82, 2.24) is 0 Å². The molecule has 1 heterocycles. The molecule has 176 valence electrons. The summed E-state index contributed by atoms with van der Waals surface area (Å²) in [5.74, 6) is -0.272. The molecule has 0 aromatic heterocycles. The maximum absolute atomic E-state index is 13.3. The number of halogens is 1. The normalized spacial score (nSPS) is 24.9. The minimum Gasteiger partial charge on any atom is -0.507 e. The number of cyclic esters (lactones) is 1. The van der Waals surface area contributed by atoms with E-state index in [0.29, 0.717) is 42.0 Å². The fourth-order valence-electron chi connectivity index (χ4n) is 5.01. The predicted molar refractivity (Wildman–Crippen MR) is 130 cm³/mol. The smallest absolute Gasteiger partial charge is 0.345 e. The Labute approximate surface area is 197 Å². The number of rotatable bonds is 9. The second kappa shape index (κ2) is 10.3. The molecule has 1 aliphatic heterocycles. The van der Waals surface area contributed by atoms with Gasteiger partial charge >= 0.3 is 5.97 Å². The zero-order valence-corrected chi connectivity index (χ0v) is 20.7. The molecule has 1 aromatic carbocycles. The van der Waals surface area contributed by atoms with Gasteiger partial charge in [0.2, 0.25) is 0 Å². The Hall–Kier alpha value is -1.94. The average Bonchev–Trinajstić information content (AvgIpc) is 2.71. The zero-order valence-electron chi connectivity index (χ0n) is 19.9. The lowest BCUT2D eigenvalue weighted by molar-refractivity contribution is -0.146. The molecule has 0 amide bonds. The number of benzene rings is 1. The monoisotopic (exact) mass is 460 g/mol. The van der Waals surface area contributed by atoms with Gasteiger partial charge in [-0.15, -0.1) is 11.6 Å². The molecule has 0 saturated heterocycles. The highest BCUT2D eigenvalue weighted by atomic mass is 35.5. The molecular weight excluding hydrogens is 424 g/mol. The Morgan fingerprint density at radius 3 is 2.72 bits per heavy atom. The maximum atomic E-state index is 13.3. The molecule has 2 aliphatic rings. The second-order valence-corrected chi connectivity index (χ2v) is 9.96. The molecule has 1 aliphatic carbocycles. The van der Waals surface area contributed by atoms with Crippen molar-refractivity contribution in [2.24, 2.45) is 5.92 Å². The number of ether oxygens (including phenoxy) is 2. The van der Waals surface area contributed by atoms with Crippen LogP contribution in [-0.2, 0) is 11.2 Å². The average molecular weight is 461 g/mol. The van der Waals surface area contributed by atoms with Gasteiger partial charge in [0, 0.05) is 30.7 Å². The lowest BCUT2D eigenvalue weighted by atomic mass is 9.73. The number of fused-ring (bicyclic) bond motifs is 1. The second-order valence-electron chi connectivity index (χ2n) is 9.58. The number of unbranched alkanes of at least 4 members (excludes halogenated alkanes) is 2. The van der Waals surface area contributed by atoms with Gasteiger partial charge in [-0.05, 0) is 63.5 Å². The van der Waals surface area contributed by atoms with Crippen molar-refractivity contribution in [1.29, 1.82) is 0 Å². The SMILES string of the molecule is C=C(C)C1CCC(C)=CC1c1c(O)cc(CCCCC)c2c1OC(C)(CCCCl)OC2=O. The van der Waals surface area contributed by atoms with Crippen molar-refractivity contribution in [3.8, 4) is 11.5 Å². The van der Waals surface area contributed by atoms with Crippen LogP contribution in [0.1, 0.15) is 100 Å². The van der Waals surface area contributed by atoms with Crippen molar-refractivity contribution >= 4 is 17.6 Å². The minimum absolute atomic E-state index is 0.0946. The summed E-state index contributed by atoms with van der Waals surface area (Å²) in [7, 11) is 0. The highest BCUT2D eigenvalue weighted by Gasteiger charge is 2.43. The maximum Gasteiger partial charge on any atom is 0.345 e. The predicted octanol–water partition coefficient (Wildman–Crippen LogP) is 7.43. The van der Waals surface area contributed by atoms with Crippen molar-refractivity contribution in [2.45, 2.75) is 90.8 Å². The molecule has 0 fully saturated rings. The van der Waals surface area contributed by atoms with Crippen LogP contribution in [0.15, 0.2) is 29.9 Å². The van der Waals surface area contributed by atoms with Gasteiger partial charge in [0.1, 0.15) is 17.1 Å². The van der Waals surface area contributed by atoms with Crippen LogP contribution in [0.2, 0.25) is 0 Å². The van der Waals surface area contributed by atoms with Crippen LogP contribution < -0.4 is 4.74 Å². The molecule has 3 atom stereocenters. The number of aryl methyl sites for hydroxylation is 1. The van der Waals surface area contributed by atoms with E-state index in [1.165, 1.54) is 5.57 Å². The number of aromatic hydroxyl groups is 1. The third-order valence-electron chi connectivity index (χ3n) is 6.74. The number of alkyl halides is 1. The first-order valence-electron chi connectivity index (χ1n) is 11.9. The van der Waals surface area contributed by atoms with Crippen LogP contribution in [0.3, 0.4) is 0 Å². The van der Waals surface area contributed by atoms with Gasteiger partial charge in [0.05, 0.1) is 0 Å². The van der Waals surface area contributed by atoms with Gasteiger partial charge in [-0.3, -0.25) is 0 Å². The first-order chi connectivity index (χ1) is 15.2. The van der Waals surface area contributed by atoms with E-state index >= 15 is 0 Å². The van der Waals surface area contributed by atoms with Crippen LogP contribution in [0, 0.1) is 5.92 Å². The van der Waals surface area contributed by atoms with Crippen molar-refractivity contribution in [3.63, 3.8) is 0 Å². The molecular formula is C27H37ClO4. The summed E-state index contributed by atoms with van der Waals surface area (Å²) < 4.78 is 12.2. The lowest BCUT2D eigenvalue weighted by Crippen LogP contribution is -2.43. The molecule has 0 saturated carbocycles. The van der Waals surface area contributed by atoms with Crippen molar-refractivity contribution < 1.29 is 19.4 Å². The molecule has 0 spiro atoms. The number of carbonyl (C=O) groups is 1. The van der Waals surface area contributed by atoms with Crippen LogP contribution in [0.4, 0.5) is 0 Å². The topological polar surface area (TPSA) is 55.8 Å². The molecule has 0 radical (unpaired) electrons.